The zero-order valence-electron chi connectivity index (χ0n) is 9.32. The van der Waals surface area contributed by atoms with Crippen molar-refractivity contribution in [1.29, 1.82) is 0 Å². The molecule has 0 unspecified atom stereocenters. The third-order valence-corrected chi connectivity index (χ3v) is 3.76. The smallest absolute Gasteiger partial charge is 0.0450 e. The molecule has 1 saturated carbocycles. The molecule has 2 nitrogen and oxygen atoms in total. The average molecular weight is 237 g/mol. The minimum Gasteiger partial charge on any atom is -0.308 e. The van der Waals surface area contributed by atoms with Crippen molar-refractivity contribution in [3.05, 3.63) is 34.9 Å². The molecule has 0 amide bonds. The molecular formula is C13H17ClN2. The molecule has 1 atom stereocenters. The fourth-order valence-corrected chi connectivity index (χ4v) is 2.69. The maximum absolute atomic E-state index is 6.03. The molecule has 0 aromatic heterocycles. The molecule has 0 bridgehead atoms. The Bertz CT molecular complexity index is 376. The highest BCUT2D eigenvalue weighted by Gasteiger charge is 2.32. The van der Waals surface area contributed by atoms with E-state index in [0.29, 0.717) is 6.04 Å². The van der Waals surface area contributed by atoms with Crippen LogP contribution in [-0.2, 0) is 0 Å². The number of piperazine rings is 1. The Labute approximate surface area is 102 Å². The molecule has 1 saturated heterocycles. The Hall–Kier alpha value is -0.570. The summed E-state index contributed by atoms with van der Waals surface area (Å²) in [5.74, 6) is 0. The van der Waals surface area contributed by atoms with Crippen molar-refractivity contribution in [3.8, 4) is 0 Å². The summed E-state index contributed by atoms with van der Waals surface area (Å²) in [6.07, 6.45) is 2.78. The Morgan fingerprint density at radius 1 is 1.31 bits per heavy atom. The van der Waals surface area contributed by atoms with Gasteiger partial charge in [0.2, 0.25) is 0 Å². The average Bonchev–Trinajstić information content (AvgIpc) is 3.13. The van der Waals surface area contributed by atoms with Gasteiger partial charge >= 0.3 is 0 Å². The lowest BCUT2D eigenvalue weighted by Crippen LogP contribution is -2.46. The van der Waals surface area contributed by atoms with Gasteiger partial charge in [0.15, 0.2) is 0 Å². The van der Waals surface area contributed by atoms with Crippen LogP contribution in [0.4, 0.5) is 0 Å². The van der Waals surface area contributed by atoms with E-state index in [-0.39, 0.29) is 0 Å². The van der Waals surface area contributed by atoms with Crippen molar-refractivity contribution in [2.45, 2.75) is 24.9 Å². The first-order chi connectivity index (χ1) is 7.83. The molecular weight excluding hydrogens is 220 g/mol. The third kappa shape index (κ3) is 2.24. The molecule has 16 heavy (non-hydrogen) atoms. The number of nitrogens with zero attached hydrogens (tertiary/aromatic N) is 1. The van der Waals surface area contributed by atoms with E-state index in [1.54, 1.807) is 0 Å². The van der Waals surface area contributed by atoms with Crippen molar-refractivity contribution in [3.63, 3.8) is 0 Å². The second kappa shape index (κ2) is 4.36. The van der Waals surface area contributed by atoms with Gasteiger partial charge in [0.05, 0.1) is 0 Å². The SMILES string of the molecule is Clc1cccc([C@@H]2CN(C3CC3)CCN2)c1. The summed E-state index contributed by atoms with van der Waals surface area (Å²) >= 11 is 6.03. The lowest BCUT2D eigenvalue weighted by molar-refractivity contribution is 0.192. The van der Waals surface area contributed by atoms with Crippen LogP contribution in [-0.4, -0.2) is 30.6 Å². The summed E-state index contributed by atoms with van der Waals surface area (Å²) in [4.78, 5) is 2.61. The van der Waals surface area contributed by atoms with E-state index in [0.717, 1.165) is 24.2 Å². The molecule has 2 fully saturated rings. The van der Waals surface area contributed by atoms with Crippen LogP contribution in [0.15, 0.2) is 24.3 Å². The van der Waals surface area contributed by atoms with Crippen molar-refractivity contribution in [2.75, 3.05) is 19.6 Å². The molecule has 2 aliphatic rings. The third-order valence-electron chi connectivity index (χ3n) is 3.52. The number of rotatable bonds is 2. The largest absolute Gasteiger partial charge is 0.308 e. The van der Waals surface area contributed by atoms with Gasteiger partial charge in [0.1, 0.15) is 0 Å². The monoisotopic (exact) mass is 236 g/mol. The van der Waals surface area contributed by atoms with Gasteiger partial charge < -0.3 is 5.32 Å². The molecule has 3 heteroatoms. The van der Waals surface area contributed by atoms with E-state index >= 15 is 0 Å². The predicted octanol–water partition coefficient (Wildman–Crippen LogP) is 2.45. The van der Waals surface area contributed by atoms with Gasteiger partial charge in [-0.15, -0.1) is 0 Å². The molecule has 1 heterocycles. The normalized spacial score (nSPS) is 26.9. The standard InChI is InChI=1S/C13H17ClN2/c14-11-3-1-2-10(8-11)13-9-16(7-6-15-13)12-4-5-12/h1-3,8,12-13,15H,4-7,9H2/t13-/m0/s1. The number of nitrogens with one attached hydrogen (secondary N) is 1. The van der Waals surface area contributed by atoms with Crippen molar-refractivity contribution in [1.82, 2.24) is 10.2 Å². The first-order valence-electron chi connectivity index (χ1n) is 6.06. The topological polar surface area (TPSA) is 15.3 Å². The van der Waals surface area contributed by atoms with Crippen molar-refractivity contribution < 1.29 is 0 Å². The zero-order chi connectivity index (χ0) is 11.0. The Morgan fingerprint density at radius 3 is 2.94 bits per heavy atom. The van der Waals surface area contributed by atoms with Crippen LogP contribution in [0, 0.1) is 0 Å². The molecule has 1 aliphatic heterocycles. The van der Waals surface area contributed by atoms with Crippen LogP contribution in [0.5, 0.6) is 0 Å². The fraction of sp³-hybridized carbons (Fsp3) is 0.538. The summed E-state index contributed by atoms with van der Waals surface area (Å²) in [6.45, 7) is 3.42. The Morgan fingerprint density at radius 2 is 2.19 bits per heavy atom. The molecule has 1 aliphatic carbocycles. The highest BCUT2D eigenvalue weighted by atomic mass is 35.5. The summed E-state index contributed by atoms with van der Waals surface area (Å²) in [5, 5.41) is 4.41. The summed E-state index contributed by atoms with van der Waals surface area (Å²) < 4.78 is 0. The van der Waals surface area contributed by atoms with Gasteiger partial charge in [0, 0.05) is 36.7 Å². The lowest BCUT2D eigenvalue weighted by atomic mass is 10.0. The second-order valence-corrected chi connectivity index (χ2v) is 5.22. The number of benzene rings is 1. The lowest BCUT2D eigenvalue weighted by Gasteiger charge is -2.34. The van der Waals surface area contributed by atoms with Crippen LogP contribution in [0.25, 0.3) is 0 Å². The van der Waals surface area contributed by atoms with E-state index in [9.17, 15) is 0 Å². The van der Waals surface area contributed by atoms with E-state index in [4.69, 9.17) is 11.6 Å². The number of halogens is 1. The van der Waals surface area contributed by atoms with Gasteiger partial charge in [0.25, 0.3) is 0 Å². The summed E-state index contributed by atoms with van der Waals surface area (Å²) in [5.41, 5.74) is 1.32. The number of hydrogen-bond acceptors (Lipinski definition) is 2. The van der Waals surface area contributed by atoms with Gasteiger partial charge in [-0.2, -0.15) is 0 Å². The van der Waals surface area contributed by atoms with Crippen molar-refractivity contribution >= 4 is 11.6 Å². The van der Waals surface area contributed by atoms with Crippen LogP contribution in [0.1, 0.15) is 24.4 Å². The minimum absolute atomic E-state index is 0.452. The maximum atomic E-state index is 6.03. The highest BCUT2D eigenvalue weighted by Crippen LogP contribution is 2.30. The van der Waals surface area contributed by atoms with Crippen LogP contribution in [0.3, 0.4) is 0 Å². The Balaban J connectivity index is 1.73. The molecule has 1 aromatic rings. The first-order valence-corrected chi connectivity index (χ1v) is 6.43. The van der Waals surface area contributed by atoms with Crippen molar-refractivity contribution in [2.24, 2.45) is 0 Å². The van der Waals surface area contributed by atoms with E-state index in [2.05, 4.69) is 22.3 Å². The quantitative estimate of drug-likeness (QED) is 0.849. The van der Waals surface area contributed by atoms with E-state index < -0.39 is 0 Å². The molecule has 0 spiro atoms. The van der Waals surface area contributed by atoms with Gasteiger partial charge in [-0.25, -0.2) is 0 Å². The van der Waals surface area contributed by atoms with Gasteiger partial charge in [-0.05, 0) is 30.5 Å². The van der Waals surface area contributed by atoms with Crippen LogP contribution in [0.2, 0.25) is 5.02 Å². The zero-order valence-corrected chi connectivity index (χ0v) is 10.1. The van der Waals surface area contributed by atoms with E-state index in [1.807, 2.05) is 12.1 Å². The van der Waals surface area contributed by atoms with E-state index in [1.165, 1.54) is 24.9 Å². The molecule has 1 N–H and O–H groups in total. The molecule has 0 radical (unpaired) electrons. The highest BCUT2D eigenvalue weighted by molar-refractivity contribution is 6.30. The second-order valence-electron chi connectivity index (χ2n) is 4.79. The van der Waals surface area contributed by atoms with Crippen LogP contribution < -0.4 is 5.32 Å². The summed E-state index contributed by atoms with van der Waals surface area (Å²) in [6, 6.07) is 9.54. The Kier molecular flexibility index (Phi) is 2.88. The molecule has 3 rings (SSSR count). The molecule has 86 valence electrons. The van der Waals surface area contributed by atoms with Gasteiger partial charge in [-0.1, -0.05) is 23.7 Å². The predicted molar refractivity (Wildman–Crippen MR) is 66.8 cm³/mol. The fourth-order valence-electron chi connectivity index (χ4n) is 2.49. The van der Waals surface area contributed by atoms with Gasteiger partial charge in [-0.3, -0.25) is 4.90 Å². The number of hydrogen-bond donors (Lipinski definition) is 1. The maximum Gasteiger partial charge on any atom is 0.0450 e. The van der Waals surface area contributed by atoms with Crippen LogP contribution >= 0.6 is 11.6 Å². The molecule has 1 aromatic carbocycles. The summed E-state index contributed by atoms with van der Waals surface area (Å²) in [7, 11) is 0. The first kappa shape index (κ1) is 10.6. The minimum atomic E-state index is 0.452.